The number of para-hydroxylation sites is 1. The van der Waals surface area contributed by atoms with Crippen molar-refractivity contribution in [3.8, 4) is 0 Å². The van der Waals surface area contributed by atoms with Crippen molar-refractivity contribution in [2.45, 2.75) is 20.3 Å². The number of hydrogen-bond acceptors (Lipinski definition) is 4. The molecule has 0 aliphatic carbocycles. The van der Waals surface area contributed by atoms with Gasteiger partial charge in [-0.1, -0.05) is 29.8 Å². The lowest BCUT2D eigenvalue weighted by atomic mass is 10.1. The zero-order valence-corrected chi connectivity index (χ0v) is 17.6. The van der Waals surface area contributed by atoms with Crippen LogP contribution in [0.3, 0.4) is 0 Å². The van der Waals surface area contributed by atoms with E-state index in [2.05, 4.69) is 66.5 Å². The summed E-state index contributed by atoms with van der Waals surface area (Å²) in [5.74, 6) is -0.0176. The minimum absolute atomic E-state index is 0.0176. The largest absolute Gasteiger partial charge is 0.372 e. The highest BCUT2D eigenvalue weighted by atomic mass is 32.1. The summed E-state index contributed by atoms with van der Waals surface area (Å²) in [4.78, 5) is 21.3. The summed E-state index contributed by atoms with van der Waals surface area (Å²) >= 11 is 1.46. The first-order valence-electron chi connectivity index (χ1n) is 10.0. The number of carbonyl (C=O) groups is 1. The molecule has 4 nitrogen and oxygen atoms in total. The Morgan fingerprint density at radius 1 is 1.07 bits per heavy atom. The second kappa shape index (κ2) is 8.62. The topological polar surface area (TPSA) is 45.2 Å². The Bertz CT molecular complexity index is 1140. The number of aromatic nitrogens is 1. The predicted molar refractivity (Wildman–Crippen MR) is 123 cm³/mol. The lowest BCUT2D eigenvalue weighted by Crippen LogP contribution is -2.29. The lowest BCUT2D eigenvalue weighted by Gasteiger charge is -2.23. The molecular weight excluding hydrogens is 378 g/mol. The average molecular weight is 404 g/mol. The van der Waals surface area contributed by atoms with Crippen molar-refractivity contribution < 1.29 is 4.79 Å². The van der Waals surface area contributed by atoms with Gasteiger partial charge < -0.3 is 10.2 Å². The minimum atomic E-state index is -0.0176. The van der Waals surface area contributed by atoms with Gasteiger partial charge in [0, 0.05) is 36.1 Å². The monoisotopic (exact) mass is 403 g/mol. The molecular formula is C24H25N3OS. The van der Waals surface area contributed by atoms with Crippen LogP contribution >= 0.6 is 11.3 Å². The van der Waals surface area contributed by atoms with E-state index in [1.807, 2.05) is 18.2 Å². The van der Waals surface area contributed by atoms with Crippen LogP contribution in [0.5, 0.6) is 0 Å². The van der Waals surface area contributed by atoms with E-state index >= 15 is 0 Å². The van der Waals surface area contributed by atoms with Gasteiger partial charge in [-0.05, 0) is 56.7 Å². The first-order chi connectivity index (χ1) is 14.1. The SMILES string of the molecule is CCN(CCCNC(=O)c1cc2cc3cc(C)ccc3nc2s1)c1ccccc1. The van der Waals surface area contributed by atoms with E-state index in [0.29, 0.717) is 6.54 Å². The maximum atomic E-state index is 12.6. The van der Waals surface area contributed by atoms with Crippen molar-refractivity contribution in [1.82, 2.24) is 10.3 Å². The van der Waals surface area contributed by atoms with E-state index in [1.54, 1.807) is 0 Å². The lowest BCUT2D eigenvalue weighted by molar-refractivity contribution is 0.0957. The molecule has 0 bridgehead atoms. The maximum absolute atomic E-state index is 12.6. The second-order valence-corrected chi connectivity index (χ2v) is 8.24. The number of aryl methyl sites for hydroxylation is 1. The number of pyridine rings is 1. The number of amides is 1. The zero-order chi connectivity index (χ0) is 20.2. The molecule has 0 spiro atoms. The van der Waals surface area contributed by atoms with Gasteiger partial charge in [0.05, 0.1) is 10.4 Å². The van der Waals surface area contributed by atoms with Crippen LogP contribution in [-0.4, -0.2) is 30.5 Å². The van der Waals surface area contributed by atoms with Crippen molar-refractivity contribution in [3.05, 3.63) is 71.1 Å². The van der Waals surface area contributed by atoms with Crippen LogP contribution in [0.25, 0.3) is 21.1 Å². The molecule has 0 atom stereocenters. The highest BCUT2D eigenvalue weighted by Gasteiger charge is 2.12. The van der Waals surface area contributed by atoms with E-state index in [9.17, 15) is 4.79 Å². The molecule has 4 rings (SSSR count). The molecule has 4 aromatic rings. The predicted octanol–water partition coefficient (Wildman–Crippen LogP) is 5.40. The van der Waals surface area contributed by atoms with Crippen molar-refractivity contribution in [1.29, 1.82) is 0 Å². The average Bonchev–Trinajstić information content (AvgIpc) is 3.15. The third-order valence-electron chi connectivity index (χ3n) is 5.07. The summed E-state index contributed by atoms with van der Waals surface area (Å²) in [5.41, 5.74) is 3.40. The van der Waals surface area contributed by atoms with Gasteiger partial charge in [-0.25, -0.2) is 4.98 Å². The molecule has 0 saturated carbocycles. The number of benzene rings is 2. The van der Waals surface area contributed by atoms with Gasteiger partial charge in [-0.15, -0.1) is 11.3 Å². The standard InChI is InChI=1S/C24H25N3OS/c1-3-27(20-8-5-4-6-9-20)13-7-12-25-23(28)22-16-19-15-18-14-17(2)10-11-21(18)26-24(19)29-22/h4-6,8-11,14-16H,3,7,12-13H2,1-2H3,(H,25,28). The Labute approximate surface area is 175 Å². The first kappa shape index (κ1) is 19.4. The van der Waals surface area contributed by atoms with Crippen LogP contribution in [0.2, 0.25) is 0 Å². The summed E-state index contributed by atoms with van der Waals surface area (Å²) < 4.78 is 0. The fraction of sp³-hybridized carbons (Fsp3) is 0.250. The number of nitrogens with zero attached hydrogens (tertiary/aromatic N) is 2. The number of anilines is 1. The fourth-order valence-corrected chi connectivity index (χ4v) is 4.47. The molecule has 0 aliphatic rings. The second-order valence-electron chi connectivity index (χ2n) is 7.21. The molecule has 0 fully saturated rings. The van der Waals surface area contributed by atoms with E-state index in [1.165, 1.54) is 22.6 Å². The fourth-order valence-electron chi connectivity index (χ4n) is 3.53. The molecule has 1 N–H and O–H groups in total. The van der Waals surface area contributed by atoms with Crippen molar-refractivity contribution in [2.24, 2.45) is 0 Å². The molecule has 2 aromatic heterocycles. The number of fused-ring (bicyclic) bond motifs is 2. The minimum Gasteiger partial charge on any atom is -0.372 e. The highest BCUT2D eigenvalue weighted by Crippen LogP contribution is 2.27. The van der Waals surface area contributed by atoms with Gasteiger partial charge >= 0.3 is 0 Å². The van der Waals surface area contributed by atoms with Gasteiger partial charge in [-0.3, -0.25) is 4.79 Å². The Morgan fingerprint density at radius 3 is 2.69 bits per heavy atom. The van der Waals surface area contributed by atoms with Crippen LogP contribution in [0.4, 0.5) is 5.69 Å². The molecule has 0 radical (unpaired) electrons. The van der Waals surface area contributed by atoms with Gasteiger partial charge in [0.1, 0.15) is 4.83 Å². The third kappa shape index (κ3) is 4.40. The molecule has 0 aliphatic heterocycles. The van der Waals surface area contributed by atoms with E-state index in [4.69, 9.17) is 4.98 Å². The van der Waals surface area contributed by atoms with Crippen LogP contribution in [0.1, 0.15) is 28.6 Å². The molecule has 1 amide bonds. The summed E-state index contributed by atoms with van der Waals surface area (Å²) in [6.45, 7) is 6.76. The molecule has 0 unspecified atom stereocenters. The van der Waals surface area contributed by atoms with Crippen LogP contribution < -0.4 is 10.2 Å². The maximum Gasteiger partial charge on any atom is 0.261 e. The van der Waals surface area contributed by atoms with Crippen LogP contribution in [0.15, 0.2) is 60.7 Å². The van der Waals surface area contributed by atoms with E-state index < -0.39 is 0 Å². The Kier molecular flexibility index (Phi) is 5.76. The molecule has 0 saturated heterocycles. The van der Waals surface area contributed by atoms with Crippen molar-refractivity contribution in [2.75, 3.05) is 24.5 Å². The molecule has 5 heteroatoms. The summed E-state index contributed by atoms with van der Waals surface area (Å²) in [7, 11) is 0. The Morgan fingerprint density at radius 2 is 1.90 bits per heavy atom. The zero-order valence-electron chi connectivity index (χ0n) is 16.8. The normalized spacial score (nSPS) is 11.1. The number of nitrogens with one attached hydrogen (secondary N) is 1. The number of thiophene rings is 1. The Hall–Kier alpha value is -2.92. The summed E-state index contributed by atoms with van der Waals surface area (Å²) in [6.07, 6.45) is 0.904. The van der Waals surface area contributed by atoms with Crippen LogP contribution in [0, 0.1) is 6.92 Å². The number of carbonyl (C=O) groups excluding carboxylic acids is 1. The smallest absolute Gasteiger partial charge is 0.261 e. The molecule has 29 heavy (non-hydrogen) atoms. The summed E-state index contributed by atoms with van der Waals surface area (Å²) in [5, 5.41) is 5.20. The van der Waals surface area contributed by atoms with E-state index in [0.717, 1.165) is 45.5 Å². The van der Waals surface area contributed by atoms with Crippen molar-refractivity contribution in [3.63, 3.8) is 0 Å². The van der Waals surface area contributed by atoms with Crippen molar-refractivity contribution >= 4 is 44.1 Å². The quantitative estimate of drug-likeness (QED) is 0.420. The van der Waals surface area contributed by atoms with Crippen LogP contribution in [-0.2, 0) is 0 Å². The van der Waals surface area contributed by atoms with Gasteiger partial charge in [0.2, 0.25) is 0 Å². The molecule has 148 valence electrons. The Balaban J connectivity index is 1.38. The highest BCUT2D eigenvalue weighted by molar-refractivity contribution is 7.20. The molecule has 2 heterocycles. The third-order valence-corrected chi connectivity index (χ3v) is 6.12. The summed E-state index contributed by atoms with van der Waals surface area (Å²) in [6, 6.07) is 20.7. The first-order valence-corrected chi connectivity index (χ1v) is 10.8. The molecule has 2 aromatic carbocycles. The van der Waals surface area contributed by atoms with Gasteiger partial charge in [0.15, 0.2) is 0 Å². The van der Waals surface area contributed by atoms with E-state index in [-0.39, 0.29) is 5.91 Å². The number of hydrogen-bond donors (Lipinski definition) is 1. The van der Waals surface area contributed by atoms with Gasteiger partial charge in [-0.2, -0.15) is 0 Å². The number of rotatable bonds is 7. The van der Waals surface area contributed by atoms with Gasteiger partial charge in [0.25, 0.3) is 5.91 Å².